The highest BCUT2D eigenvalue weighted by Crippen LogP contribution is 2.35. The maximum Gasteiger partial charge on any atom is 0.416 e. The molecule has 8 nitrogen and oxygen atoms in total. The van der Waals surface area contributed by atoms with Crippen molar-refractivity contribution >= 4 is 23.2 Å². The van der Waals surface area contributed by atoms with E-state index in [0.717, 1.165) is 23.0 Å². The third kappa shape index (κ3) is 6.15. The Morgan fingerprint density at radius 3 is 2.71 bits per heavy atom. The zero-order valence-electron chi connectivity index (χ0n) is 16.2. The number of benzene rings is 2. The van der Waals surface area contributed by atoms with Crippen LogP contribution in [0.5, 0.6) is 5.75 Å². The van der Waals surface area contributed by atoms with Crippen LogP contribution in [0.2, 0.25) is 5.02 Å². The van der Waals surface area contributed by atoms with E-state index in [-0.39, 0.29) is 37.0 Å². The Labute approximate surface area is 179 Å². The molecule has 0 fully saturated rings. The lowest BCUT2D eigenvalue weighted by atomic mass is 10.1. The van der Waals surface area contributed by atoms with E-state index in [9.17, 15) is 18.0 Å². The third-order valence-electron chi connectivity index (χ3n) is 3.95. The second kappa shape index (κ2) is 9.75. The highest BCUT2D eigenvalue weighted by Gasteiger charge is 2.31. The minimum atomic E-state index is -4.58. The molecule has 1 N–H and O–H groups in total. The number of rotatable bonds is 8. The first kappa shape index (κ1) is 22.5. The molecular formula is C19H17ClF3N5O3. The summed E-state index contributed by atoms with van der Waals surface area (Å²) in [7, 11) is 1.46. The van der Waals surface area contributed by atoms with Crippen LogP contribution < -0.4 is 10.1 Å². The minimum Gasteiger partial charge on any atom is -0.489 e. The quantitative estimate of drug-likeness (QED) is 0.521. The second-order valence-corrected chi connectivity index (χ2v) is 6.69. The Kier molecular flexibility index (Phi) is 7.08. The number of nitrogens with one attached hydrogen (secondary N) is 1. The Hall–Kier alpha value is -3.18. The molecule has 0 saturated heterocycles. The van der Waals surface area contributed by atoms with Gasteiger partial charge < -0.3 is 14.8 Å². The number of carbonyl (C=O) groups excluding carboxylic acids is 1. The van der Waals surface area contributed by atoms with Gasteiger partial charge in [-0.2, -0.15) is 18.0 Å². The number of aromatic nitrogens is 4. The van der Waals surface area contributed by atoms with Crippen molar-refractivity contribution in [3.05, 3.63) is 53.1 Å². The number of ether oxygens (including phenoxy) is 2. The lowest BCUT2D eigenvalue weighted by Gasteiger charge is -2.15. The number of hydrogen-bond donors (Lipinski definition) is 1. The molecule has 0 saturated carbocycles. The van der Waals surface area contributed by atoms with E-state index in [0.29, 0.717) is 10.6 Å². The van der Waals surface area contributed by atoms with Gasteiger partial charge in [0.05, 0.1) is 17.9 Å². The molecule has 3 rings (SSSR count). The molecule has 164 valence electrons. The number of amides is 1. The Morgan fingerprint density at radius 2 is 2.00 bits per heavy atom. The summed E-state index contributed by atoms with van der Waals surface area (Å²) in [6.07, 6.45) is -4.58. The minimum absolute atomic E-state index is 0.0737. The number of carbonyl (C=O) groups is 1. The standard InChI is InChI=1S/C19H17ClF3N5O3/c1-30-7-8-31-16-6-5-13(19(21,22)23)10-15(16)24-17(29)11-28-26-18(25-27-28)12-3-2-4-14(20)9-12/h2-6,9-10H,7-8,11H2,1H3,(H,24,29). The van der Waals surface area contributed by atoms with Crippen LogP contribution in [0.3, 0.4) is 0 Å². The fraction of sp³-hybridized carbons (Fsp3) is 0.263. The van der Waals surface area contributed by atoms with Crippen molar-refractivity contribution in [1.29, 1.82) is 0 Å². The smallest absolute Gasteiger partial charge is 0.416 e. The summed E-state index contributed by atoms with van der Waals surface area (Å²) in [4.78, 5) is 13.4. The summed E-state index contributed by atoms with van der Waals surface area (Å²) in [5.41, 5.74) is -0.457. The van der Waals surface area contributed by atoms with Gasteiger partial charge in [0, 0.05) is 17.7 Å². The Balaban J connectivity index is 1.74. The molecule has 0 aliphatic carbocycles. The molecule has 1 amide bonds. The fourth-order valence-corrected chi connectivity index (χ4v) is 2.73. The summed E-state index contributed by atoms with van der Waals surface area (Å²) in [6.45, 7) is -0.0523. The third-order valence-corrected chi connectivity index (χ3v) is 4.18. The van der Waals surface area contributed by atoms with Crippen molar-refractivity contribution in [2.45, 2.75) is 12.7 Å². The molecule has 2 aromatic carbocycles. The largest absolute Gasteiger partial charge is 0.489 e. The summed E-state index contributed by atoms with van der Waals surface area (Å²) < 4.78 is 49.5. The van der Waals surface area contributed by atoms with E-state index in [2.05, 4.69) is 20.7 Å². The van der Waals surface area contributed by atoms with Gasteiger partial charge in [-0.3, -0.25) is 4.79 Å². The van der Waals surface area contributed by atoms with Crippen molar-refractivity contribution in [1.82, 2.24) is 20.2 Å². The zero-order chi connectivity index (χ0) is 22.4. The molecular weight excluding hydrogens is 439 g/mol. The number of alkyl halides is 3. The summed E-state index contributed by atoms with van der Waals surface area (Å²) in [6, 6.07) is 9.56. The summed E-state index contributed by atoms with van der Waals surface area (Å²) >= 11 is 5.93. The maximum atomic E-state index is 13.1. The normalized spacial score (nSPS) is 11.4. The van der Waals surface area contributed by atoms with E-state index in [1.807, 2.05) is 0 Å². The summed E-state index contributed by atoms with van der Waals surface area (Å²) in [5, 5.41) is 14.6. The van der Waals surface area contributed by atoms with E-state index >= 15 is 0 Å². The predicted molar refractivity (Wildman–Crippen MR) is 106 cm³/mol. The van der Waals surface area contributed by atoms with Crippen LogP contribution in [0.4, 0.5) is 18.9 Å². The molecule has 12 heteroatoms. The van der Waals surface area contributed by atoms with Crippen molar-refractivity contribution in [3.8, 4) is 17.1 Å². The number of tetrazole rings is 1. The van der Waals surface area contributed by atoms with Gasteiger partial charge in [-0.1, -0.05) is 23.7 Å². The predicted octanol–water partition coefficient (Wildman–Crippen LogP) is 3.68. The first-order valence-electron chi connectivity index (χ1n) is 8.93. The van der Waals surface area contributed by atoms with Gasteiger partial charge in [-0.05, 0) is 35.5 Å². The molecule has 0 radical (unpaired) electrons. The topological polar surface area (TPSA) is 91.2 Å². The van der Waals surface area contributed by atoms with Gasteiger partial charge in [0.1, 0.15) is 18.9 Å². The van der Waals surface area contributed by atoms with Gasteiger partial charge in [0.25, 0.3) is 0 Å². The average Bonchev–Trinajstić information content (AvgIpc) is 3.17. The second-order valence-electron chi connectivity index (χ2n) is 6.25. The van der Waals surface area contributed by atoms with Crippen LogP contribution in [0.15, 0.2) is 42.5 Å². The molecule has 0 unspecified atom stereocenters. The van der Waals surface area contributed by atoms with Crippen molar-refractivity contribution in [3.63, 3.8) is 0 Å². The van der Waals surface area contributed by atoms with E-state index in [1.54, 1.807) is 24.3 Å². The number of anilines is 1. The van der Waals surface area contributed by atoms with E-state index < -0.39 is 17.6 Å². The van der Waals surface area contributed by atoms with Crippen LogP contribution in [0.1, 0.15) is 5.56 Å². The first-order valence-corrected chi connectivity index (χ1v) is 9.30. The lowest BCUT2D eigenvalue weighted by molar-refractivity contribution is -0.137. The zero-order valence-corrected chi connectivity index (χ0v) is 16.9. The molecule has 0 aliphatic rings. The fourth-order valence-electron chi connectivity index (χ4n) is 2.54. The van der Waals surface area contributed by atoms with Crippen LogP contribution in [-0.4, -0.2) is 46.4 Å². The Morgan fingerprint density at radius 1 is 1.19 bits per heavy atom. The molecule has 0 atom stereocenters. The van der Waals surface area contributed by atoms with E-state index in [4.69, 9.17) is 21.1 Å². The van der Waals surface area contributed by atoms with Crippen LogP contribution in [0, 0.1) is 0 Å². The van der Waals surface area contributed by atoms with Gasteiger partial charge in [-0.25, -0.2) is 0 Å². The van der Waals surface area contributed by atoms with Gasteiger partial charge in [0.15, 0.2) is 0 Å². The summed E-state index contributed by atoms with van der Waals surface area (Å²) in [5.74, 6) is -0.339. The number of hydrogen-bond acceptors (Lipinski definition) is 6. The molecule has 0 spiro atoms. The molecule has 1 aromatic heterocycles. The molecule has 3 aromatic rings. The van der Waals surface area contributed by atoms with Crippen molar-refractivity contribution in [2.75, 3.05) is 25.6 Å². The Bertz CT molecular complexity index is 1060. The van der Waals surface area contributed by atoms with Gasteiger partial charge in [-0.15, -0.1) is 10.2 Å². The van der Waals surface area contributed by atoms with Gasteiger partial charge in [0.2, 0.25) is 11.7 Å². The SMILES string of the molecule is COCCOc1ccc(C(F)(F)F)cc1NC(=O)Cn1nnc(-c2cccc(Cl)c2)n1. The lowest BCUT2D eigenvalue weighted by Crippen LogP contribution is -2.21. The number of nitrogens with zero attached hydrogens (tertiary/aromatic N) is 4. The monoisotopic (exact) mass is 455 g/mol. The molecule has 31 heavy (non-hydrogen) atoms. The average molecular weight is 456 g/mol. The van der Waals surface area contributed by atoms with Crippen molar-refractivity contribution in [2.24, 2.45) is 0 Å². The molecule has 0 bridgehead atoms. The van der Waals surface area contributed by atoms with Crippen LogP contribution in [0.25, 0.3) is 11.4 Å². The van der Waals surface area contributed by atoms with E-state index in [1.165, 1.54) is 7.11 Å². The van der Waals surface area contributed by atoms with Crippen LogP contribution in [-0.2, 0) is 22.3 Å². The van der Waals surface area contributed by atoms with Crippen LogP contribution >= 0.6 is 11.6 Å². The van der Waals surface area contributed by atoms with Crippen molar-refractivity contribution < 1.29 is 27.4 Å². The number of halogens is 4. The molecule has 1 heterocycles. The highest BCUT2D eigenvalue weighted by molar-refractivity contribution is 6.30. The highest BCUT2D eigenvalue weighted by atomic mass is 35.5. The first-order chi connectivity index (χ1) is 14.8. The molecule has 0 aliphatic heterocycles. The number of methoxy groups -OCH3 is 1. The maximum absolute atomic E-state index is 13.1. The van der Waals surface area contributed by atoms with Gasteiger partial charge >= 0.3 is 6.18 Å².